The molecule has 106 valence electrons. The van der Waals surface area contributed by atoms with Crippen LogP contribution in [0.5, 0.6) is 5.88 Å². The molecule has 1 aliphatic rings. The van der Waals surface area contributed by atoms with Crippen LogP contribution in [-0.2, 0) is 0 Å². The summed E-state index contributed by atoms with van der Waals surface area (Å²) in [7, 11) is 0. The second-order valence-electron chi connectivity index (χ2n) is 5.30. The fraction of sp³-hybridized carbons (Fsp3) is 0.714. The summed E-state index contributed by atoms with van der Waals surface area (Å²) in [5.41, 5.74) is 5.61. The quantitative estimate of drug-likeness (QED) is 0.851. The van der Waals surface area contributed by atoms with Gasteiger partial charge in [-0.3, -0.25) is 0 Å². The van der Waals surface area contributed by atoms with Gasteiger partial charge in [-0.25, -0.2) is 9.97 Å². The predicted octanol–water partition coefficient (Wildman–Crippen LogP) is 1.97. The van der Waals surface area contributed by atoms with Gasteiger partial charge in [0.15, 0.2) is 0 Å². The van der Waals surface area contributed by atoms with E-state index >= 15 is 0 Å². The molecular weight excluding hydrogens is 240 g/mol. The fourth-order valence-electron chi connectivity index (χ4n) is 2.58. The molecule has 5 heteroatoms. The van der Waals surface area contributed by atoms with Crippen LogP contribution in [0.3, 0.4) is 0 Å². The Hall–Kier alpha value is -1.36. The summed E-state index contributed by atoms with van der Waals surface area (Å²) in [6.45, 7) is 5.83. The third kappa shape index (κ3) is 3.80. The first-order chi connectivity index (χ1) is 9.20. The van der Waals surface area contributed by atoms with Crippen LogP contribution in [0.2, 0.25) is 0 Å². The predicted molar refractivity (Wildman–Crippen MR) is 76.5 cm³/mol. The molecule has 0 radical (unpaired) electrons. The average Bonchev–Trinajstić information content (AvgIpc) is 2.84. The Kier molecular flexibility index (Phi) is 4.96. The SMILES string of the molecule is CC(C)Oc1cc(N2CCCC2CCCN)ncn1. The van der Waals surface area contributed by atoms with E-state index in [2.05, 4.69) is 14.9 Å². The Bertz CT molecular complexity index is 397. The second kappa shape index (κ2) is 6.70. The van der Waals surface area contributed by atoms with Crippen molar-refractivity contribution in [1.29, 1.82) is 0 Å². The van der Waals surface area contributed by atoms with Gasteiger partial charge in [0, 0.05) is 18.7 Å². The Morgan fingerprint density at radius 2 is 2.32 bits per heavy atom. The van der Waals surface area contributed by atoms with E-state index in [1.54, 1.807) is 6.33 Å². The molecule has 0 spiro atoms. The van der Waals surface area contributed by atoms with Crippen LogP contribution >= 0.6 is 0 Å². The molecular formula is C14H24N4O. The summed E-state index contributed by atoms with van der Waals surface area (Å²) in [6.07, 6.45) is 6.38. The highest BCUT2D eigenvalue weighted by molar-refractivity contribution is 5.43. The molecule has 1 atom stereocenters. The average molecular weight is 264 g/mol. The van der Waals surface area contributed by atoms with Gasteiger partial charge in [-0.15, -0.1) is 0 Å². The maximum atomic E-state index is 5.63. The topological polar surface area (TPSA) is 64.3 Å². The monoisotopic (exact) mass is 264 g/mol. The number of anilines is 1. The van der Waals surface area contributed by atoms with E-state index in [-0.39, 0.29) is 6.10 Å². The normalized spacial score (nSPS) is 19.2. The lowest BCUT2D eigenvalue weighted by atomic mass is 10.1. The van der Waals surface area contributed by atoms with Crippen LogP contribution < -0.4 is 15.4 Å². The van der Waals surface area contributed by atoms with Crippen LogP contribution in [-0.4, -0.2) is 35.2 Å². The maximum absolute atomic E-state index is 5.63. The Morgan fingerprint density at radius 1 is 1.47 bits per heavy atom. The first kappa shape index (κ1) is 14.1. The summed E-state index contributed by atoms with van der Waals surface area (Å²) < 4.78 is 5.63. The standard InChI is InChI=1S/C14H24N4O/c1-11(2)19-14-9-13(16-10-17-14)18-8-4-6-12(18)5-3-7-15/h9-12H,3-8,15H2,1-2H3. The molecule has 1 unspecified atom stereocenters. The molecule has 1 fully saturated rings. The van der Waals surface area contributed by atoms with Gasteiger partial charge in [0.25, 0.3) is 0 Å². The minimum absolute atomic E-state index is 0.134. The second-order valence-corrected chi connectivity index (χ2v) is 5.30. The molecule has 1 aromatic rings. The molecule has 2 N–H and O–H groups in total. The molecule has 0 amide bonds. The zero-order valence-corrected chi connectivity index (χ0v) is 11.9. The highest BCUT2D eigenvalue weighted by Crippen LogP contribution is 2.27. The lowest BCUT2D eigenvalue weighted by Gasteiger charge is -2.25. The summed E-state index contributed by atoms with van der Waals surface area (Å²) in [5, 5.41) is 0. The van der Waals surface area contributed by atoms with E-state index < -0.39 is 0 Å². The van der Waals surface area contributed by atoms with Gasteiger partial charge in [-0.2, -0.15) is 0 Å². The van der Waals surface area contributed by atoms with Crippen LogP contribution in [0.4, 0.5) is 5.82 Å². The van der Waals surface area contributed by atoms with E-state index in [1.165, 1.54) is 12.8 Å². The molecule has 2 heterocycles. The summed E-state index contributed by atoms with van der Waals surface area (Å²) >= 11 is 0. The summed E-state index contributed by atoms with van der Waals surface area (Å²) in [6, 6.07) is 2.51. The Balaban J connectivity index is 2.07. The van der Waals surface area contributed by atoms with Crippen molar-refractivity contribution in [2.75, 3.05) is 18.0 Å². The lowest BCUT2D eigenvalue weighted by molar-refractivity contribution is 0.232. The van der Waals surface area contributed by atoms with E-state index in [4.69, 9.17) is 10.5 Å². The summed E-state index contributed by atoms with van der Waals surface area (Å²) in [4.78, 5) is 10.9. The van der Waals surface area contributed by atoms with Crippen molar-refractivity contribution >= 4 is 5.82 Å². The minimum Gasteiger partial charge on any atom is -0.475 e. The van der Waals surface area contributed by atoms with Gasteiger partial charge in [-0.1, -0.05) is 0 Å². The van der Waals surface area contributed by atoms with Crippen molar-refractivity contribution in [3.8, 4) is 5.88 Å². The van der Waals surface area contributed by atoms with Crippen molar-refractivity contribution in [1.82, 2.24) is 9.97 Å². The first-order valence-electron chi connectivity index (χ1n) is 7.16. The van der Waals surface area contributed by atoms with Gasteiger partial charge in [0.2, 0.25) is 5.88 Å². The number of aromatic nitrogens is 2. The van der Waals surface area contributed by atoms with Gasteiger partial charge < -0.3 is 15.4 Å². The third-order valence-electron chi connectivity index (χ3n) is 3.40. The molecule has 1 aromatic heterocycles. The number of nitrogens with zero attached hydrogens (tertiary/aromatic N) is 3. The van der Waals surface area contributed by atoms with E-state index in [0.29, 0.717) is 11.9 Å². The van der Waals surface area contributed by atoms with Crippen LogP contribution in [0.25, 0.3) is 0 Å². The van der Waals surface area contributed by atoms with E-state index in [1.807, 2.05) is 19.9 Å². The number of hydrogen-bond acceptors (Lipinski definition) is 5. The van der Waals surface area contributed by atoms with Crippen molar-refractivity contribution < 1.29 is 4.74 Å². The number of ether oxygens (including phenoxy) is 1. The molecule has 1 aliphatic heterocycles. The van der Waals surface area contributed by atoms with Gasteiger partial charge in [0.05, 0.1) is 6.10 Å². The maximum Gasteiger partial charge on any atom is 0.218 e. The molecule has 0 saturated carbocycles. The first-order valence-corrected chi connectivity index (χ1v) is 7.16. The Labute approximate surface area is 115 Å². The van der Waals surface area contributed by atoms with Crippen molar-refractivity contribution in [2.24, 2.45) is 5.73 Å². The highest BCUT2D eigenvalue weighted by atomic mass is 16.5. The van der Waals surface area contributed by atoms with Gasteiger partial charge in [-0.05, 0) is 46.1 Å². The smallest absolute Gasteiger partial charge is 0.218 e. The third-order valence-corrected chi connectivity index (χ3v) is 3.40. The molecule has 0 bridgehead atoms. The zero-order chi connectivity index (χ0) is 13.7. The van der Waals surface area contributed by atoms with Gasteiger partial charge >= 0.3 is 0 Å². The van der Waals surface area contributed by atoms with Crippen molar-refractivity contribution in [3.05, 3.63) is 12.4 Å². The molecule has 1 saturated heterocycles. The molecule has 2 rings (SSSR count). The summed E-state index contributed by atoms with van der Waals surface area (Å²) in [5.74, 6) is 1.63. The molecule has 5 nitrogen and oxygen atoms in total. The van der Waals surface area contributed by atoms with Crippen LogP contribution in [0, 0.1) is 0 Å². The molecule has 19 heavy (non-hydrogen) atoms. The number of rotatable bonds is 6. The zero-order valence-electron chi connectivity index (χ0n) is 11.9. The minimum atomic E-state index is 0.134. The molecule has 0 aliphatic carbocycles. The largest absolute Gasteiger partial charge is 0.475 e. The number of nitrogens with two attached hydrogens (primary N) is 1. The van der Waals surface area contributed by atoms with E-state index in [0.717, 1.165) is 31.7 Å². The highest BCUT2D eigenvalue weighted by Gasteiger charge is 2.25. The van der Waals surface area contributed by atoms with Crippen molar-refractivity contribution in [3.63, 3.8) is 0 Å². The van der Waals surface area contributed by atoms with Crippen molar-refractivity contribution in [2.45, 2.75) is 51.7 Å². The number of hydrogen-bond donors (Lipinski definition) is 1. The lowest BCUT2D eigenvalue weighted by Crippen LogP contribution is -2.30. The van der Waals surface area contributed by atoms with Crippen LogP contribution in [0.15, 0.2) is 12.4 Å². The fourth-order valence-corrected chi connectivity index (χ4v) is 2.58. The molecule has 0 aromatic carbocycles. The Morgan fingerprint density at radius 3 is 3.05 bits per heavy atom. The van der Waals surface area contributed by atoms with Crippen LogP contribution in [0.1, 0.15) is 39.5 Å². The van der Waals surface area contributed by atoms with E-state index in [9.17, 15) is 0 Å². The van der Waals surface area contributed by atoms with Gasteiger partial charge in [0.1, 0.15) is 12.1 Å².